The summed E-state index contributed by atoms with van der Waals surface area (Å²) in [5.41, 5.74) is 29.8. The molecule has 0 radical (unpaired) electrons. The number of rotatable bonds is 17. The summed E-state index contributed by atoms with van der Waals surface area (Å²) in [7, 11) is 0. The fourth-order valence-corrected chi connectivity index (χ4v) is 7.98. The van der Waals surface area contributed by atoms with Gasteiger partial charge in [0.2, 0.25) is 0 Å². The van der Waals surface area contributed by atoms with Crippen LogP contribution in [0.1, 0.15) is 59.0 Å². The van der Waals surface area contributed by atoms with Gasteiger partial charge >= 0.3 is 18.0 Å². The van der Waals surface area contributed by atoms with Gasteiger partial charge in [-0.2, -0.15) is 0 Å². The van der Waals surface area contributed by atoms with Crippen molar-refractivity contribution in [3.05, 3.63) is 173 Å². The number of alkyl carbamates (subject to hydrolysis) is 1. The van der Waals surface area contributed by atoms with E-state index in [9.17, 15) is 31.0 Å². The lowest BCUT2D eigenvalue weighted by Gasteiger charge is -2.49. The summed E-state index contributed by atoms with van der Waals surface area (Å²) < 4.78 is 44.2. The summed E-state index contributed by atoms with van der Waals surface area (Å²) in [5, 5.41) is 14.6. The zero-order valence-electron chi connectivity index (χ0n) is 36.4. The number of carbonyl (C=O) groups is 3. The number of nitrogens with one attached hydrogen (secondary N) is 1. The van der Waals surface area contributed by atoms with Gasteiger partial charge in [-0.1, -0.05) is 123 Å². The van der Waals surface area contributed by atoms with Crippen molar-refractivity contribution in [2.24, 2.45) is 15.3 Å². The Morgan fingerprint density at radius 2 is 1.21 bits per heavy atom. The van der Waals surface area contributed by atoms with Crippen molar-refractivity contribution in [3.8, 4) is 0 Å². The minimum absolute atomic E-state index is 0.000270. The summed E-state index contributed by atoms with van der Waals surface area (Å²) in [6.07, 6.45) is -11.4. The molecule has 1 heterocycles. The highest BCUT2D eigenvalue weighted by Crippen LogP contribution is 2.37. The van der Waals surface area contributed by atoms with Crippen molar-refractivity contribution >= 4 is 41.2 Å². The van der Waals surface area contributed by atoms with Crippen molar-refractivity contribution in [3.63, 3.8) is 0 Å². The van der Waals surface area contributed by atoms with Crippen LogP contribution in [0.25, 0.3) is 31.3 Å². The summed E-state index contributed by atoms with van der Waals surface area (Å²) >= 11 is 12.9. The van der Waals surface area contributed by atoms with Crippen LogP contribution in [-0.4, -0.2) is 91.2 Å². The zero-order valence-corrected chi connectivity index (χ0v) is 37.9. The van der Waals surface area contributed by atoms with Crippen LogP contribution in [0, 0.1) is 0 Å². The standard InChI is InChI=1S/C45H46Cl2N10O10/c1-45(2,3)67-44(60)52-32-22-33(53-56-49)37(64-41(58)28-18-10-12-20-30(28)46)40(65-42(59)29-19-11-13-21-31(29)47)36(32)66-43-35(54-57-50)39(62-25-27-16-8-5-9-17-27)38(34(63-43)23-51-55-48)61-24-26-14-6-4-7-15-26/h4-21,32-40,43H,22-25H2,1-3H3,(H,52,60)/t32-,33+,34+,35+,36+,37-,38+,39+,40-,43+/m0/s1. The average molecular weight is 958 g/mol. The normalized spacial score (nSPS) is 24.6. The Morgan fingerprint density at radius 3 is 1.73 bits per heavy atom. The van der Waals surface area contributed by atoms with Gasteiger partial charge in [-0.25, -0.2) is 14.4 Å². The molecule has 0 unspecified atom stereocenters. The molecule has 6 rings (SSSR count). The van der Waals surface area contributed by atoms with Crippen LogP contribution in [0.15, 0.2) is 125 Å². The number of hydrogen-bond acceptors (Lipinski definition) is 13. The third-order valence-electron chi connectivity index (χ3n) is 10.5. The molecule has 0 aromatic heterocycles. The first-order valence-electron chi connectivity index (χ1n) is 20.9. The molecule has 1 amide bonds. The lowest BCUT2D eigenvalue weighted by atomic mass is 9.83. The van der Waals surface area contributed by atoms with E-state index in [1.54, 1.807) is 39.0 Å². The third-order valence-corrected chi connectivity index (χ3v) is 11.1. The Labute approximate surface area is 394 Å². The minimum Gasteiger partial charge on any atom is -0.454 e. The van der Waals surface area contributed by atoms with Gasteiger partial charge in [0.15, 0.2) is 18.5 Å². The van der Waals surface area contributed by atoms with Gasteiger partial charge in [0.25, 0.3) is 0 Å². The molecule has 350 valence electrons. The van der Waals surface area contributed by atoms with Gasteiger partial charge in [0.1, 0.15) is 30.0 Å². The van der Waals surface area contributed by atoms with Gasteiger partial charge in [-0.05, 0) is 79.2 Å². The molecular formula is C45H46Cl2N10O10. The first-order valence-corrected chi connectivity index (χ1v) is 21.7. The lowest BCUT2D eigenvalue weighted by Crippen LogP contribution is -2.67. The highest BCUT2D eigenvalue weighted by atomic mass is 35.5. The summed E-state index contributed by atoms with van der Waals surface area (Å²) in [6, 6.07) is 26.2. The third kappa shape index (κ3) is 13.5. The molecule has 1 aliphatic carbocycles. The van der Waals surface area contributed by atoms with Crippen LogP contribution in [0.4, 0.5) is 4.79 Å². The highest BCUT2D eigenvalue weighted by molar-refractivity contribution is 6.34. The number of hydrogen-bond donors (Lipinski definition) is 1. The number of amides is 1. The maximum atomic E-state index is 14.2. The number of halogens is 2. The number of azide groups is 3. The molecule has 0 spiro atoms. The summed E-state index contributed by atoms with van der Waals surface area (Å²) in [5.74, 6) is -2.02. The molecule has 20 nitrogen and oxygen atoms in total. The van der Waals surface area contributed by atoms with Crippen molar-refractivity contribution in [2.75, 3.05) is 6.54 Å². The predicted molar refractivity (Wildman–Crippen MR) is 243 cm³/mol. The fraction of sp³-hybridized carbons (Fsp3) is 0.400. The smallest absolute Gasteiger partial charge is 0.407 e. The number of ether oxygens (including phenoxy) is 7. The Bertz CT molecular complexity index is 2490. The molecule has 1 saturated heterocycles. The summed E-state index contributed by atoms with van der Waals surface area (Å²) in [6.45, 7) is 4.59. The van der Waals surface area contributed by atoms with E-state index in [0.717, 1.165) is 11.1 Å². The first-order chi connectivity index (χ1) is 32.3. The van der Waals surface area contributed by atoms with Gasteiger partial charge in [-0.3, -0.25) is 0 Å². The van der Waals surface area contributed by atoms with Crippen molar-refractivity contribution in [1.82, 2.24) is 5.32 Å². The van der Waals surface area contributed by atoms with Crippen LogP contribution < -0.4 is 5.32 Å². The lowest BCUT2D eigenvalue weighted by molar-refractivity contribution is -0.300. The number of nitrogens with zero attached hydrogens (tertiary/aromatic N) is 9. The van der Waals surface area contributed by atoms with Crippen LogP contribution in [-0.2, 0) is 46.4 Å². The van der Waals surface area contributed by atoms with Crippen molar-refractivity contribution in [1.29, 1.82) is 0 Å². The second-order valence-corrected chi connectivity index (χ2v) is 17.0. The molecule has 1 saturated carbocycles. The average Bonchev–Trinajstić information content (AvgIpc) is 3.30. The van der Waals surface area contributed by atoms with Crippen LogP contribution in [0.5, 0.6) is 0 Å². The van der Waals surface area contributed by atoms with Gasteiger partial charge in [0, 0.05) is 14.7 Å². The molecule has 10 atom stereocenters. The largest absolute Gasteiger partial charge is 0.454 e. The monoisotopic (exact) mass is 956 g/mol. The van der Waals surface area contributed by atoms with E-state index in [4.69, 9.17) is 56.4 Å². The van der Waals surface area contributed by atoms with Crippen molar-refractivity contribution < 1.29 is 47.5 Å². The Hall–Kier alpha value is -6.56. The van der Waals surface area contributed by atoms with Crippen LogP contribution in [0.3, 0.4) is 0 Å². The van der Waals surface area contributed by atoms with Gasteiger partial charge in [-0.15, -0.1) is 0 Å². The van der Waals surface area contributed by atoms with E-state index in [1.165, 1.54) is 30.3 Å². The van der Waals surface area contributed by atoms with E-state index < -0.39 is 84.7 Å². The second-order valence-electron chi connectivity index (χ2n) is 16.2. The number of carbonyl (C=O) groups excluding carboxylic acids is 3. The zero-order chi connectivity index (χ0) is 47.9. The van der Waals surface area contributed by atoms with E-state index in [0.29, 0.717) is 0 Å². The molecule has 2 aliphatic rings. The van der Waals surface area contributed by atoms with Gasteiger partial charge in [0.05, 0.1) is 59.1 Å². The summed E-state index contributed by atoms with van der Waals surface area (Å²) in [4.78, 5) is 50.9. The number of esters is 2. The van der Waals surface area contributed by atoms with Crippen molar-refractivity contribution in [2.45, 2.75) is 107 Å². The van der Waals surface area contributed by atoms with E-state index >= 15 is 0 Å². The predicted octanol–water partition coefficient (Wildman–Crippen LogP) is 9.99. The molecule has 22 heteroatoms. The quantitative estimate of drug-likeness (QED) is 0.0343. The Kier molecular flexibility index (Phi) is 17.7. The molecule has 4 aromatic rings. The second kappa shape index (κ2) is 23.8. The molecule has 67 heavy (non-hydrogen) atoms. The van der Waals surface area contributed by atoms with E-state index in [-0.39, 0.29) is 47.4 Å². The minimum atomic E-state index is -1.78. The van der Waals surface area contributed by atoms with E-state index in [2.05, 4.69) is 35.4 Å². The maximum absolute atomic E-state index is 14.2. The number of benzene rings is 4. The molecule has 2 fully saturated rings. The SMILES string of the molecule is CC(C)(C)OC(=O)N[C@H]1C[C@@H](N=[N+]=[N-])[C@H](OC(=O)c2ccccc2Cl)[C@@H](OC(=O)c2ccccc2Cl)[C@@H]1O[C@H]1O[C@H](CN=[N+]=[N-])[C@@H](OCc2ccccc2)[C@H](OCc2ccccc2)[C@H]1N=[N+]=[N-]. The molecule has 0 bridgehead atoms. The molecule has 1 aliphatic heterocycles. The Balaban J connectivity index is 1.49. The Morgan fingerprint density at radius 1 is 0.687 bits per heavy atom. The van der Waals surface area contributed by atoms with Crippen LogP contribution >= 0.6 is 23.2 Å². The van der Waals surface area contributed by atoms with Gasteiger partial charge < -0.3 is 38.5 Å². The molecule has 4 aromatic carbocycles. The topological polar surface area (TPSA) is 274 Å². The fourth-order valence-electron chi connectivity index (χ4n) is 7.55. The highest BCUT2D eigenvalue weighted by Gasteiger charge is 2.55. The molecule has 1 N–H and O–H groups in total. The van der Waals surface area contributed by atoms with Crippen LogP contribution in [0.2, 0.25) is 10.0 Å². The first kappa shape index (κ1) is 49.9. The maximum Gasteiger partial charge on any atom is 0.407 e. The molecular weight excluding hydrogens is 911 g/mol. The van der Waals surface area contributed by atoms with E-state index in [1.807, 2.05) is 60.7 Å².